The van der Waals surface area contributed by atoms with Crippen molar-refractivity contribution in [3.63, 3.8) is 0 Å². The van der Waals surface area contributed by atoms with Gasteiger partial charge in [-0.2, -0.15) is 11.8 Å². The van der Waals surface area contributed by atoms with Crippen LogP contribution in [0.3, 0.4) is 0 Å². The van der Waals surface area contributed by atoms with E-state index in [9.17, 15) is 4.79 Å². The number of hydrogen-bond donors (Lipinski definition) is 1. The molecule has 21 heavy (non-hydrogen) atoms. The Bertz CT molecular complexity index is 618. The Morgan fingerprint density at radius 2 is 2.00 bits per heavy atom. The number of aromatic nitrogens is 1. The highest BCUT2D eigenvalue weighted by molar-refractivity contribution is 7.98. The molecule has 1 aromatic heterocycles. The van der Waals surface area contributed by atoms with Crippen LogP contribution in [0, 0.1) is 12.8 Å². The number of carboxylic acid groups (broad SMARTS) is 1. The van der Waals surface area contributed by atoms with Crippen LogP contribution in [0.1, 0.15) is 34.8 Å². The van der Waals surface area contributed by atoms with Crippen LogP contribution in [0.15, 0.2) is 24.3 Å². The highest BCUT2D eigenvalue weighted by Gasteiger charge is 2.14. The van der Waals surface area contributed by atoms with E-state index < -0.39 is 5.97 Å². The highest BCUT2D eigenvalue weighted by Crippen LogP contribution is 2.28. The zero-order valence-electron chi connectivity index (χ0n) is 12.4. The van der Waals surface area contributed by atoms with E-state index in [-0.39, 0.29) is 0 Å². The Kier molecular flexibility index (Phi) is 5.42. The van der Waals surface area contributed by atoms with E-state index in [0.29, 0.717) is 16.5 Å². The van der Waals surface area contributed by atoms with E-state index in [1.807, 2.05) is 23.9 Å². The molecule has 0 aliphatic carbocycles. The van der Waals surface area contributed by atoms with Crippen molar-refractivity contribution in [1.29, 1.82) is 0 Å². The van der Waals surface area contributed by atoms with Gasteiger partial charge in [-0.1, -0.05) is 38.1 Å². The average molecular weight is 321 g/mol. The van der Waals surface area contributed by atoms with Gasteiger partial charge in [-0.15, -0.1) is 11.3 Å². The molecule has 0 aliphatic rings. The Labute approximate surface area is 133 Å². The van der Waals surface area contributed by atoms with Crippen molar-refractivity contribution in [1.82, 2.24) is 4.98 Å². The van der Waals surface area contributed by atoms with Crippen LogP contribution in [-0.2, 0) is 5.75 Å². The number of carboxylic acids is 1. The van der Waals surface area contributed by atoms with E-state index >= 15 is 0 Å². The molecule has 0 unspecified atom stereocenters. The fourth-order valence-electron chi connectivity index (χ4n) is 1.87. The summed E-state index contributed by atoms with van der Waals surface area (Å²) in [6.45, 7) is 6.18. The number of benzene rings is 1. The van der Waals surface area contributed by atoms with Gasteiger partial charge in [0.1, 0.15) is 9.88 Å². The third-order valence-corrected chi connectivity index (χ3v) is 5.55. The van der Waals surface area contributed by atoms with Gasteiger partial charge in [0.25, 0.3) is 0 Å². The van der Waals surface area contributed by atoms with Crippen molar-refractivity contribution >= 4 is 29.1 Å². The molecular weight excluding hydrogens is 302 g/mol. The van der Waals surface area contributed by atoms with Crippen LogP contribution in [0.25, 0.3) is 10.6 Å². The number of carbonyl (C=O) groups is 1. The molecule has 1 aromatic carbocycles. The second-order valence-corrected chi connectivity index (χ2v) is 7.37. The fourth-order valence-corrected chi connectivity index (χ4v) is 3.80. The molecule has 0 aliphatic heterocycles. The predicted octanol–water partition coefficient (Wildman–Crippen LogP) is 4.71. The zero-order valence-corrected chi connectivity index (χ0v) is 14.1. The van der Waals surface area contributed by atoms with Gasteiger partial charge in [0, 0.05) is 11.3 Å². The van der Waals surface area contributed by atoms with E-state index in [2.05, 4.69) is 31.0 Å². The lowest BCUT2D eigenvalue weighted by atomic mass is 10.2. The van der Waals surface area contributed by atoms with E-state index in [4.69, 9.17) is 5.11 Å². The molecule has 5 heteroatoms. The molecule has 1 heterocycles. The normalized spacial score (nSPS) is 11.0. The maximum absolute atomic E-state index is 11.1. The lowest BCUT2D eigenvalue weighted by Gasteiger charge is -2.05. The van der Waals surface area contributed by atoms with Gasteiger partial charge in [0.2, 0.25) is 0 Å². The minimum Gasteiger partial charge on any atom is -0.477 e. The van der Waals surface area contributed by atoms with Crippen LogP contribution in [0.5, 0.6) is 0 Å². The van der Waals surface area contributed by atoms with Crippen molar-refractivity contribution in [2.45, 2.75) is 26.5 Å². The summed E-state index contributed by atoms with van der Waals surface area (Å²) < 4.78 is 0. The lowest BCUT2D eigenvalue weighted by molar-refractivity contribution is 0.0701. The zero-order chi connectivity index (χ0) is 15.4. The van der Waals surface area contributed by atoms with Crippen LogP contribution in [0.4, 0.5) is 0 Å². The molecule has 112 valence electrons. The molecule has 2 aromatic rings. The van der Waals surface area contributed by atoms with Gasteiger partial charge in [-0.25, -0.2) is 9.78 Å². The Morgan fingerprint density at radius 3 is 2.52 bits per heavy atom. The van der Waals surface area contributed by atoms with Gasteiger partial charge >= 0.3 is 5.97 Å². The largest absolute Gasteiger partial charge is 0.477 e. The van der Waals surface area contributed by atoms with Crippen molar-refractivity contribution in [3.8, 4) is 10.6 Å². The summed E-state index contributed by atoms with van der Waals surface area (Å²) in [6, 6.07) is 8.24. The molecule has 1 N–H and O–H groups in total. The second kappa shape index (κ2) is 7.09. The topological polar surface area (TPSA) is 50.2 Å². The van der Waals surface area contributed by atoms with Crippen LogP contribution >= 0.6 is 23.1 Å². The van der Waals surface area contributed by atoms with Crippen LogP contribution < -0.4 is 0 Å². The first-order valence-corrected chi connectivity index (χ1v) is 8.82. The first-order chi connectivity index (χ1) is 9.97. The quantitative estimate of drug-likeness (QED) is 0.837. The summed E-state index contributed by atoms with van der Waals surface area (Å²) in [6.07, 6.45) is 0. The Morgan fingerprint density at radius 1 is 1.33 bits per heavy atom. The van der Waals surface area contributed by atoms with Crippen molar-refractivity contribution in [2.24, 2.45) is 5.92 Å². The molecule has 3 nitrogen and oxygen atoms in total. The van der Waals surface area contributed by atoms with E-state index in [0.717, 1.165) is 22.1 Å². The van der Waals surface area contributed by atoms with Crippen molar-refractivity contribution in [2.75, 3.05) is 5.75 Å². The highest BCUT2D eigenvalue weighted by atomic mass is 32.2. The first kappa shape index (κ1) is 16.0. The number of aromatic carboxylic acids is 1. The third-order valence-electron chi connectivity index (χ3n) is 2.91. The SMILES string of the molecule is Cc1nc(-c2ccc(CSCC(C)C)cc2)sc1C(=O)O. The Hall–Kier alpha value is -1.33. The van der Waals surface area contributed by atoms with Gasteiger partial charge in [-0.05, 0) is 24.2 Å². The Balaban J connectivity index is 2.08. The monoisotopic (exact) mass is 321 g/mol. The molecular formula is C16H19NO2S2. The molecule has 0 spiro atoms. The molecule has 0 saturated heterocycles. The smallest absolute Gasteiger partial charge is 0.347 e. The summed E-state index contributed by atoms with van der Waals surface area (Å²) in [5.41, 5.74) is 2.85. The van der Waals surface area contributed by atoms with Crippen molar-refractivity contribution in [3.05, 3.63) is 40.4 Å². The summed E-state index contributed by atoms with van der Waals surface area (Å²) in [4.78, 5) is 15.7. The predicted molar refractivity (Wildman–Crippen MR) is 90.2 cm³/mol. The lowest BCUT2D eigenvalue weighted by Crippen LogP contribution is -1.94. The minimum absolute atomic E-state index is 0.321. The average Bonchev–Trinajstić information content (AvgIpc) is 2.81. The fraction of sp³-hybridized carbons (Fsp3) is 0.375. The molecule has 0 bridgehead atoms. The van der Waals surface area contributed by atoms with Gasteiger partial charge < -0.3 is 5.11 Å². The maximum Gasteiger partial charge on any atom is 0.347 e. The van der Waals surface area contributed by atoms with Gasteiger partial charge in [-0.3, -0.25) is 0 Å². The summed E-state index contributed by atoms with van der Waals surface area (Å²) >= 11 is 3.17. The number of thiazole rings is 1. The van der Waals surface area contributed by atoms with Crippen LogP contribution in [0.2, 0.25) is 0 Å². The number of rotatable bonds is 6. The van der Waals surface area contributed by atoms with E-state index in [1.165, 1.54) is 16.9 Å². The number of hydrogen-bond acceptors (Lipinski definition) is 4. The summed E-state index contributed by atoms with van der Waals surface area (Å²) in [7, 11) is 0. The summed E-state index contributed by atoms with van der Waals surface area (Å²) in [5, 5.41) is 9.85. The number of aryl methyl sites for hydroxylation is 1. The summed E-state index contributed by atoms with van der Waals surface area (Å²) in [5.74, 6) is 1.98. The molecule has 0 amide bonds. The van der Waals surface area contributed by atoms with E-state index in [1.54, 1.807) is 6.92 Å². The van der Waals surface area contributed by atoms with Gasteiger partial charge in [0.15, 0.2) is 0 Å². The van der Waals surface area contributed by atoms with Crippen LogP contribution in [-0.4, -0.2) is 21.8 Å². The molecule has 0 fully saturated rings. The maximum atomic E-state index is 11.1. The number of thioether (sulfide) groups is 1. The molecule has 0 saturated carbocycles. The number of nitrogens with zero attached hydrogens (tertiary/aromatic N) is 1. The van der Waals surface area contributed by atoms with Gasteiger partial charge in [0.05, 0.1) is 5.69 Å². The molecule has 0 radical (unpaired) electrons. The standard InChI is InChI=1S/C16H19NO2S2/c1-10(2)8-20-9-12-4-6-13(7-5-12)15-17-11(3)14(21-15)16(18)19/h4-7,10H,8-9H2,1-3H3,(H,18,19). The second-order valence-electron chi connectivity index (χ2n) is 5.34. The van der Waals surface area contributed by atoms with Crippen molar-refractivity contribution < 1.29 is 9.90 Å². The molecule has 0 atom stereocenters. The third kappa shape index (κ3) is 4.32. The first-order valence-electron chi connectivity index (χ1n) is 6.85. The minimum atomic E-state index is -0.905. The molecule has 2 rings (SSSR count).